The lowest BCUT2D eigenvalue weighted by Crippen LogP contribution is -2.32. The second-order valence-electron chi connectivity index (χ2n) is 5.38. The van der Waals surface area contributed by atoms with E-state index in [9.17, 15) is 24.5 Å². The minimum atomic E-state index is -1.26. The molecule has 10 nitrogen and oxygen atoms in total. The highest BCUT2D eigenvalue weighted by Gasteiger charge is 2.16. The van der Waals surface area contributed by atoms with Crippen molar-refractivity contribution in [2.75, 3.05) is 5.32 Å². The summed E-state index contributed by atoms with van der Waals surface area (Å²) in [5.41, 5.74) is 2.21. The van der Waals surface area contributed by atoms with E-state index in [0.717, 1.165) is 6.21 Å². The molecule has 0 fully saturated rings. The van der Waals surface area contributed by atoms with Crippen LogP contribution in [0.5, 0.6) is 0 Å². The molecular formula is C18H13ClN4O6. The molecule has 0 aromatic heterocycles. The Labute approximate surface area is 168 Å². The van der Waals surface area contributed by atoms with Gasteiger partial charge in [0.05, 0.1) is 27.4 Å². The number of aromatic carboxylic acids is 1. The number of nitro benzene ring substituents is 1. The summed E-state index contributed by atoms with van der Waals surface area (Å²) in [5, 5.41) is 25.4. The van der Waals surface area contributed by atoms with Gasteiger partial charge in [-0.2, -0.15) is 5.10 Å². The van der Waals surface area contributed by atoms with Gasteiger partial charge < -0.3 is 10.4 Å². The molecule has 0 radical (unpaired) electrons. The predicted molar refractivity (Wildman–Crippen MR) is 106 cm³/mol. The van der Waals surface area contributed by atoms with Gasteiger partial charge in [0, 0.05) is 12.1 Å². The summed E-state index contributed by atoms with van der Waals surface area (Å²) in [5.74, 6) is -3.52. The Bertz CT molecular complexity index is 1020. The van der Waals surface area contributed by atoms with Gasteiger partial charge in [0.15, 0.2) is 0 Å². The highest BCUT2D eigenvalue weighted by atomic mass is 35.5. The first kappa shape index (κ1) is 21.3. The molecular weight excluding hydrogens is 404 g/mol. The normalized spacial score (nSPS) is 11.1. The molecule has 0 atom stereocenters. The summed E-state index contributed by atoms with van der Waals surface area (Å²) in [4.78, 5) is 44.8. The highest BCUT2D eigenvalue weighted by molar-refractivity contribution is 6.42. The van der Waals surface area contributed by atoms with Crippen molar-refractivity contribution in [2.24, 2.45) is 5.10 Å². The number of rotatable bonds is 6. The number of hydrogen-bond donors (Lipinski definition) is 3. The average molecular weight is 417 g/mol. The molecule has 0 aliphatic heterocycles. The van der Waals surface area contributed by atoms with Crippen molar-refractivity contribution >= 4 is 53.0 Å². The van der Waals surface area contributed by atoms with Crippen molar-refractivity contribution in [3.05, 3.63) is 74.8 Å². The Morgan fingerprint density at radius 3 is 2.34 bits per heavy atom. The van der Waals surface area contributed by atoms with Gasteiger partial charge in [-0.1, -0.05) is 23.7 Å². The molecule has 0 bridgehead atoms. The molecule has 0 aliphatic carbocycles. The number of halogens is 1. The molecule has 2 rings (SSSR count). The standard InChI is InChI=1S/C18H13ClN4O6/c19-12(9-11-5-7-13(8-6-11)23(28)29)10-20-22-17(25)16(24)21-15-4-2-1-3-14(15)18(26)27/h1-10H,(H,21,24)(H,22,25)(H,26,27)/b12-9+,20-10+. The van der Waals surface area contributed by atoms with Crippen LogP contribution in [0.3, 0.4) is 0 Å². The van der Waals surface area contributed by atoms with Crippen LogP contribution in [0.25, 0.3) is 6.08 Å². The van der Waals surface area contributed by atoms with E-state index < -0.39 is 22.7 Å². The summed E-state index contributed by atoms with van der Waals surface area (Å²) >= 11 is 5.93. The molecule has 3 N–H and O–H groups in total. The Balaban J connectivity index is 1.95. The lowest BCUT2D eigenvalue weighted by atomic mass is 10.2. The third-order valence-electron chi connectivity index (χ3n) is 3.37. The Hall–Kier alpha value is -4.05. The van der Waals surface area contributed by atoms with Crippen LogP contribution in [-0.2, 0) is 9.59 Å². The zero-order valence-corrected chi connectivity index (χ0v) is 15.3. The zero-order chi connectivity index (χ0) is 21.4. The third-order valence-corrected chi connectivity index (χ3v) is 3.58. The molecule has 0 spiro atoms. The fourth-order valence-corrected chi connectivity index (χ4v) is 2.22. The zero-order valence-electron chi connectivity index (χ0n) is 14.5. The van der Waals surface area contributed by atoms with Gasteiger partial charge in [0.1, 0.15) is 0 Å². The van der Waals surface area contributed by atoms with Crippen LogP contribution in [0, 0.1) is 10.1 Å². The van der Waals surface area contributed by atoms with Crippen molar-refractivity contribution < 1.29 is 24.4 Å². The lowest BCUT2D eigenvalue weighted by molar-refractivity contribution is -0.384. The number of amides is 2. The van der Waals surface area contributed by atoms with Crippen LogP contribution in [0.4, 0.5) is 11.4 Å². The Morgan fingerprint density at radius 1 is 1.07 bits per heavy atom. The topological polar surface area (TPSA) is 151 Å². The predicted octanol–water partition coefficient (Wildman–Crippen LogP) is 2.61. The van der Waals surface area contributed by atoms with E-state index in [-0.39, 0.29) is 22.0 Å². The first-order valence-corrected chi connectivity index (χ1v) is 8.24. The third kappa shape index (κ3) is 6.26. The molecule has 0 unspecified atom stereocenters. The van der Waals surface area contributed by atoms with Gasteiger partial charge in [-0.3, -0.25) is 19.7 Å². The molecule has 0 heterocycles. The van der Waals surface area contributed by atoms with Crippen molar-refractivity contribution in [1.82, 2.24) is 5.43 Å². The monoisotopic (exact) mass is 416 g/mol. The number of anilines is 1. The number of nitro groups is 1. The summed E-state index contributed by atoms with van der Waals surface area (Å²) in [6.07, 6.45) is 2.49. The fraction of sp³-hybridized carbons (Fsp3) is 0. The van der Waals surface area contributed by atoms with Crippen LogP contribution in [-0.4, -0.2) is 34.0 Å². The number of non-ortho nitro benzene ring substituents is 1. The van der Waals surface area contributed by atoms with Crippen LogP contribution >= 0.6 is 11.6 Å². The number of carbonyl (C=O) groups excluding carboxylic acids is 2. The average Bonchev–Trinajstić information content (AvgIpc) is 2.68. The summed E-state index contributed by atoms with van der Waals surface area (Å²) in [6, 6.07) is 11.1. The van der Waals surface area contributed by atoms with Crippen molar-refractivity contribution in [2.45, 2.75) is 0 Å². The maximum Gasteiger partial charge on any atom is 0.337 e. The number of carbonyl (C=O) groups is 3. The molecule has 148 valence electrons. The van der Waals surface area contributed by atoms with Gasteiger partial charge >= 0.3 is 17.8 Å². The molecule has 2 amide bonds. The lowest BCUT2D eigenvalue weighted by Gasteiger charge is -2.06. The van der Waals surface area contributed by atoms with E-state index in [4.69, 9.17) is 16.7 Å². The van der Waals surface area contributed by atoms with Crippen LogP contribution in [0.15, 0.2) is 58.7 Å². The van der Waals surface area contributed by atoms with Gasteiger partial charge in [-0.05, 0) is 35.9 Å². The van der Waals surface area contributed by atoms with Crippen molar-refractivity contribution in [3.8, 4) is 0 Å². The molecule has 29 heavy (non-hydrogen) atoms. The Kier molecular flexibility index (Phi) is 7.15. The molecule has 2 aromatic rings. The first-order chi connectivity index (χ1) is 13.8. The van der Waals surface area contributed by atoms with Gasteiger partial charge in [0.25, 0.3) is 5.69 Å². The number of benzene rings is 2. The molecule has 11 heteroatoms. The maximum atomic E-state index is 11.8. The number of hydrazone groups is 1. The second-order valence-corrected chi connectivity index (χ2v) is 5.82. The van der Waals surface area contributed by atoms with Gasteiger partial charge in [-0.15, -0.1) is 0 Å². The number of allylic oxidation sites excluding steroid dienone is 1. The maximum absolute atomic E-state index is 11.8. The Morgan fingerprint density at radius 2 is 1.72 bits per heavy atom. The van der Waals surface area contributed by atoms with Crippen LogP contribution in [0.2, 0.25) is 0 Å². The smallest absolute Gasteiger partial charge is 0.337 e. The quantitative estimate of drug-likeness (QED) is 0.285. The summed E-state index contributed by atoms with van der Waals surface area (Å²) < 4.78 is 0. The van der Waals surface area contributed by atoms with E-state index in [0.29, 0.717) is 5.56 Å². The number of nitrogens with one attached hydrogen (secondary N) is 2. The van der Waals surface area contributed by atoms with Crippen molar-refractivity contribution in [3.63, 3.8) is 0 Å². The molecule has 0 aliphatic rings. The second kappa shape index (κ2) is 9.76. The van der Waals surface area contributed by atoms with Crippen LogP contribution < -0.4 is 10.7 Å². The minimum absolute atomic E-state index is 0.0415. The van der Waals surface area contributed by atoms with Gasteiger partial charge in [-0.25, -0.2) is 10.2 Å². The fourth-order valence-electron chi connectivity index (χ4n) is 2.05. The first-order valence-electron chi connectivity index (χ1n) is 7.86. The SMILES string of the molecule is O=C(N/N=C/C(Cl)=C\c1ccc([N+](=O)[O-])cc1)C(=O)Nc1ccccc1C(=O)O. The largest absolute Gasteiger partial charge is 0.478 e. The number of carboxylic acid groups (broad SMARTS) is 1. The van der Waals surface area contributed by atoms with Gasteiger partial charge in [0.2, 0.25) is 0 Å². The van der Waals surface area contributed by atoms with Crippen molar-refractivity contribution in [1.29, 1.82) is 0 Å². The van der Waals surface area contributed by atoms with E-state index in [1.165, 1.54) is 54.6 Å². The highest BCUT2D eigenvalue weighted by Crippen LogP contribution is 2.15. The summed E-state index contributed by atoms with van der Waals surface area (Å²) in [6.45, 7) is 0. The van der Waals surface area contributed by atoms with Crippen LogP contribution in [0.1, 0.15) is 15.9 Å². The molecule has 0 saturated heterocycles. The number of carboxylic acids is 1. The summed E-state index contributed by atoms with van der Waals surface area (Å²) in [7, 11) is 0. The molecule has 2 aromatic carbocycles. The van der Waals surface area contributed by atoms with E-state index in [1.54, 1.807) is 0 Å². The molecule has 0 saturated carbocycles. The van der Waals surface area contributed by atoms with E-state index in [2.05, 4.69) is 10.4 Å². The number of nitrogens with zero attached hydrogens (tertiary/aromatic N) is 2. The number of hydrogen-bond acceptors (Lipinski definition) is 6. The number of para-hydroxylation sites is 1. The van der Waals surface area contributed by atoms with E-state index in [1.807, 2.05) is 5.43 Å². The minimum Gasteiger partial charge on any atom is -0.478 e. The van der Waals surface area contributed by atoms with E-state index >= 15 is 0 Å².